The van der Waals surface area contributed by atoms with Gasteiger partial charge in [0.05, 0.1) is 15.6 Å². The monoisotopic (exact) mass is 388 g/mol. The molecule has 2 aromatic carbocycles. The second-order valence-corrected chi connectivity index (χ2v) is 7.48. The van der Waals surface area contributed by atoms with E-state index < -0.39 is 6.10 Å². The number of carbonyl (C=O) groups is 1. The predicted octanol–water partition coefficient (Wildman–Crippen LogP) is 5.62. The summed E-state index contributed by atoms with van der Waals surface area (Å²) < 4.78 is 5.60. The lowest BCUT2D eigenvalue weighted by atomic mass is 9.88. The summed E-state index contributed by atoms with van der Waals surface area (Å²) in [5.41, 5.74) is 4.03. The largest absolute Gasteiger partial charge is 0.509 e. The van der Waals surface area contributed by atoms with E-state index in [-0.39, 0.29) is 17.6 Å². The maximum Gasteiger partial charge on any atom is 0.195 e. The van der Waals surface area contributed by atoms with Gasteiger partial charge in [-0.15, -0.1) is 0 Å². The average molecular weight is 389 g/mol. The van der Waals surface area contributed by atoms with Crippen LogP contribution in [0.4, 0.5) is 0 Å². The number of hydrogen-bond acceptors (Lipinski definition) is 3. The fourth-order valence-electron chi connectivity index (χ4n) is 3.72. The van der Waals surface area contributed by atoms with Gasteiger partial charge < -0.3 is 9.84 Å². The molecule has 1 N–H and O–H groups in total. The van der Waals surface area contributed by atoms with Crippen molar-refractivity contribution >= 4 is 34.6 Å². The second kappa shape index (κ2) is 6.73. The van der Waals surface area contributed by atoms with Gasteiger partial charge in [-0.1, -0.05) is 48.3 Å². The van der Waals surface area contributed by atoms with Crippen molar-refractivity contribution < 1.29 is 14.6 Å². The number of benzene rings is 2. The minimum absolute atomic E-state index is 0.0599. The van der Waals surface area contributed by atoms with Crippen LogP contribution in [-0.4, -0.2) is 23.1 Å². The Bertz CT molecular complexity index is 933. The number of aryl methyl sites for hydroxylation is 1. The smallest absolute Gasteiger partial charge is 0.195 e. The van der Waals surface area contributed by atoms with Crippen molar-refractivity contribution in [3.63, 3.8) is 0 Å². The summed E-state index contributed by atoms with van der Waals surface area (Å²) in [7, 11) is 0. The fraction of sp³-hybridized carbons (Fsp3) is 0.286. The Labute approximate surface area is 162 Å². The normalized spacial score (nSPS) is 22.2. The number of carbonyl (C=O) groups excluding carboxylic acids is 1. The zero-order chi connectivity index (χ0) is 18.4. The van der Waals surface area contributed by atoms with E-state index in [0.717, 1.165) is 28.7 Å². The molecule has 2 heterocycles. The number of aliphatic hydroxyl groups is 1. The molecule has 0 aromatic heterocycles. The highest BCUT2D eigenvalue weighted by Gasteiger charge is 2.42. The Hall–Kier alpha value is -1.81. The Morgan fingerprint density at radius 1 is 1.04 bits per heavy atom. The zero-order valence-electron chi connectivity index (χ0n) is 14.3. The van der Waals surface area contributed by atoms with Gasteiger partial charge in [0.15, 0.2) is 5.78 Å². The third-order valence-corrected chi connectivity index (χ3v) is 5.87. The molecule has 0 unspecified atom stereocenters. The Morgan fingerprint density at radius 2 is 1.73 bits per heavy atom. The molecular formula is C21H18Cl2O3. The predicted molar refractivity (Wildman–Crippen MR) is 104 cm³/mol. The molecule has 0 amide bonds. The summed E-state index contributed by atoms with van der Waals surface area (Å²) in [6.07, 6.45) is 1.29. The first-order valence-electron chi connectivity index (χ1n) is 8.71. The number of Topliss-reactive ketones (excluding diaryl/α,β-unsaturated/α-hetero) is 1. The fourth-order valence-corrected chi connectivity index (χ4v) is 4.02. The Kier molecular flexibility index (Phi) is 4.55. The van der Waals surface area contributed by atoms with E-state index in [0.29, 0.717) is 28.5 Å². The third kappa shape index (κ3) is 2.84. The molecule has 0 saturated carbocycles. The SMILES string of the molecule is CCc1ccc(-c2ccc(Cl)c(Cl)c2)cc1C1=C(O)[C@H]2CC[C@H](O2)C1=O. The van der Waals surface area contributed by atoms with E-state index in [1.165, 1.54) is 0 Å². The van der Waals surface area contributed by atoms with Crippen LogP contribution < -0.4 is 0 Å². The van der Waals surface area contributed by atoms with Crippen LogP contribution in [0.5, 0.6) is 0 Å². The molecule has 2 aliphatic heterocycles. The number of rotatable bonds is 3. The quantitative estimate of drug-likeness (QED) is 0.741. The van der Waals surface area contributed by atoms with E-state index in [4.69, 9.17) is 27.9 Å². The van der Waals surface area contributed by atoms with Crippen LogP contribution in [0.2, 0.25) is 10.0 Å². The highest BCUT2D eigenvalue weighted by molar-refractivity contribution is 6.42. The van der Waals surface area contributed by atoms with Crippen molar-refractivity contribution in [2.24, 2.45) is 0 Å². The summed E-state index contributed by atoms with van der Waals surface area (Å²) in [5.74, 6) is -0.0676. The second-order valence-electron chi connectivity index (χ2n) is 6.67. The lowest BCUT2D eigenvalue weighted by Gasteiger charge is -2.24. The first-order chi connectivity index (χ1) is 12.5. The average Bonchev–Trinajstić information content (AvgIpc) is 3.10. The number of aliphatic hydroxyl groups excluding tert-OH is 1. The molecule has 0 radical (unpaired) electrons. The molecule has 134 valence electrons. The van der Waals surface area contributed by atoms with Gasteiger partial charge in [-0.05, 0) is 59.7 Å². The van der Waals surface area contributed by atoms with Crippen LogP contribution in [0.1, 0.15) is 30.9 Å². The van der Waals surface area contributed by atoms with Crippen molar-refractivity contribution in [2.45, 2.75) is 38.4 Å². The highest BCUT2D eigenvalue weighted by Crippen LogP contribution is 2.40. The van der Waals surface area contributed by atoms with E-state index in [2.05, 4.69) is 0 Å². The van der Waals surface area contributed by atoms with Gasteiger partial charge in [0, 0.05) is 0 Å². The molecule has 5 heteroatoms. The van der Waals surface area contributed by atoms with Crippen molar-refractivity contribution in [2.75, 3.05) is 0 Å². The lowest BCUT2D eigenvalue weighted by Crippen LogP contribution is -2.30. The van der Waals surface area contributed by atoms with Crippen LogP contribution in [-0.2, 0) is 16.0 Å². The van der Waals surface area contributed by atoms with Gasteiger partial charge in [-0.2, -0.15) is 0 Å². The van der Waals surface area contributed by atoms with Gasteiger partial charge in [0.1, 0.15) is 18.0 Å². The summed E-state index contributed by atoms with van der Waals surface area (Å²) in [4.78, 5) is 12.8. The maximum atomic E-state index is 12.8. The summed E-state index contributed by atoms with van der Waals surface area (Å²) in [6, 6.07) is 11.4. The van der Waals surface area contributed by atoms with Gasteiger partial charge in [0.2, 0.25) is 0 Å². The highest BCUT2D eigenvalue weighted by atomic mass is 35.5. The van der Waals surface area contributed by atoms with Crippen molar-refractivity contribution in [3.05, 3.63) is 63.3 Å². The van der Waals surface area contributed by atoms with Crippen LogP contribution in [0, 0.1) is 0 Å². The third-order valence-electron chi connectivity index (χ3n) is 5.13. The minimum Gasteiger partial charge on any atom is -0.509 e. The molecule has 1 fully saturated rings. The number of ether oxygens (including phenoxy) is 1. The van der Waals surface area contributed by atoms with Gasteiger partial charge in [-0.25, -0.2) is 0 Å². The molecule has 3 nitrogen and oxygen atoms in total. The molecule has 2 aliphatic rings. The first kappa shape index (κ1) is 17.6. The van der Waals surface area contributed by atoms with Gasteiger partial charge >= 0.3 is 0 Å². The topological polar surface area (TPSA) is 46.5 Å². The summed E-state index contributed by atoms with van der Waals surface area (Å²) in [6.45, 7) is 2.04. The van der Waals surface area contributed by atoms with Crippen molar-refractivity contribution in [1.82, 2.24) is 0 Å². The standard InChI is InChI=1S/C21H18Cl2O3/c1-2-11-3-4-12(13-5-6-15(22)16(23)10-13)9-14(11)19-20(24)17-7-8-18(26-17)21(19)25/h3-6,9-10,17-18,24H,2,7-8H2,1H3/t17-,18+/m1/s1. The van der Waals surface area contributed by atoms with Crippen LogP contribution in [0.3, 0.4) is 0 Å². The molecule has 4 rings (SSSR count). The zero-order valence-corrected chi connectivity index (χ0v) is 15.8. The van der Waals surface area contributed by atoms with Crippen molar-refractivity contribution in [1.29, 1.82) is 0 Å². The van der Waals surface area contributed by atoms with Crippen LogP contribution >= 0.6 is 23.2 Å². The van der Waals surface area contributed by atoms with Gasteiger partial charge in [0.25, 0.3) is 0 Å². The molecule has 0 spiro atoms. The number of hydrogen-bond donors (Lipinski definition) is 1. The minimum atomic E-state index is -0.441. The Morgan fingerprint density at radius 3 is 2.46 bits per heavy atom. The van der Waals surface area contributed by atoms with E-state index in [1.54, 1.807) is 12.1 Å². The molecule has 0 aliphatic carbocycles. The van der Waals surface area contributed by atoms with E-state index in [1.807, 2.05) is 31.2 Å². The number of fused-ring (bicyclic) bond motifs is 2. The summed E-state index contributed by atoms with van der Waals surface area (Å²) >= 11 is 12.2. The van der Waals surface area contributed by atoms with Crippen molar-refractivity contribution in [3.8, 4) is 11.1 Å². The molecular weight excluding hydrogens is 371 g/mol. The summed E-state index contributed by atoms with van der Waals surface area (Å²) in [5, 5.41) is 11.6. The van der Waals surface area contributed by atoms with Gasteiger partial charge in [-0.3, -0.25) is 4.79 Å². The molecule has 2 bridgehead atoms. The van der Waals surface area contributed by atoms with E-state index >= 15 is 0 Å². The molecule has 2 atom stereocenters. The molecule has 26 heavy (non-hydrogen) atoms. The Balaban J connectivity index is 1.87. The van der Waals surface area contributed by atoms with E-state index in [9.17, 15) is 9.90 Å². The maximum absolute atomic E-state index is 12.8. The molecule has 1 saturated heterocycles. The molecule has 2 aromatic rings. The number of halogens is 2. The number of ketones is 1. The lowest BCUT2D eigenvalue weighted by molar-refractivity contribution is -0.125. The van der Waals surface area contributed by atoms with Crippen LogP contribution in [0.15, 0.2) is 42.2 Å². The van der Waals surface area contributed by atoms with Crippen LogP contribution in [0.25, 0.3) is 16.7 Å². The first-order valence-corrected chi connectivity index (χ1v) is 9.46.